The number of carbonyl (C=O) groups excluding carboxylic acids is 1. The van der Waals surface area contributed by atoms with E-state index in [1.165, 1.54) is 6.26 Å². The number of hydrogen-bond donors (Lipinski definition) is 1. The van der Waals surface area contributed by atoms with Gasteiger partial charge in [-0.05, 0) is 48.5 Å². The highest BCUT2D eigenvalue weighted by atomic mass is 16.3. The van der Waals surface area contributed by atoms with Crippen molar-refractivity contribution in [3.8, 4) is 11.5 Å². The molecule has 6 heteroatoms. The van der Waals surface area contributed by atoms with Gasteiger partial charge in [-0.2, -0.15) is 0 Å². The number of benzene rings is 2. The molecule has 0 unspecified atom stereocenters. The minimum Gasteiger partial charge on any atom is -0.459 e. The van der Waals surface area contributed by atoms with Crippen LogP contribution in [0.2, 0.25) is 0 Å². The van der Waals surface area contributed by atoms with Crippen molar-refractivity contribution in [2.45, 2.75) is 0 Å². The summed E-state index contributed by atoms with van der Waals surface area (Å²) in [4.78, 5) is 18.7. The SMILES string of the molecule is CN(C)c1cccc(-c2nc3cc(NC(=O)c4ccco4)ccc3o2)c1. The van der Waals surface area contributed by atoms with Crippen LogP contribution in [0.25, 0.3) is 22.6 Å². The van der Waals surface area contributed by atoms with Crippen LogP contribution >= 0.6 is 0 Å². The molecule has 0 saturated carbocycles. The van der Waals surface area contributed by atoms with Crippen LogP contribution in [-0.4, -0.2) is 25.0 Å². The van der Waals surface area contributed by atoms with Crippen LogP contribution in [0.15, 0.2) is 69.7 Å². The van der Waals surface area contributed by atoms with Gasteiger partial charge in [0.1, 0.15) is 5.52 Å². The zero-order valence-corrected chi connectivity index (χ0v) is 14.4. The molecule has 4 rings (SSSR count). The maximum absolute atomic E-state index is 12.1. The number of nitrogens with one attached hydrogen (secondary N) is 1. The second-order valence-corrected chi connectivity index (χ2v) is 6.08. The summed E-state index contributed by atoms with van der Waals surface area (Å²) in [6.07, 6.45) is 1.46. The van der Waals surface area contributed by atoms with Crippen molar-refractivity contribution in [3.05, 3.63) is 66.6 Å². The Kier molecular flexibility index (Phi) is 3.93. The molecule has 0 saturated heterocycles. The Morgan fingerprint density at radius 2 is 1.96 bits per heavy atom. The summed E-state index contributed by atoms with van der Waals surface area (Å²) in [6, 6.07) is 16.6. The smallest absolute Gasteiger partial charge is 0.291 e. The Bertz CT molecular complexity index is 1070. The molecule has 1 N–H and O–H groups in total. The normalized spacial score (nSPS) is 10.8. The highest BCUT2D eigenvalue weighted by Crippen LogP contribution is 2.28. The molecule has 0 bridgehead atoms. The zero-order valence-electron chi connectivity index (χ0n) is 14.4. The fourth-order valence-electron chi connectivity index (χ4n) is 2.65. The lowest BCUT2D eigenvalue weighted by molar-refractivity contribution is 0.0996. The highest BCUT2D eigenvalue weighted by Gasteiger charge is 2.12. The molecule has 0 fully saturated rings. The number of hydrogen-bond acceptors (Lipinski definition) is 5. The molecule has 2 aromatic heterocycles. The standard InChI is InChI=1S/C20H17N3O3/c1-23(2)15-6-3-5-13(11-15)20-22-16-12-14(8-9-17(16)26-20)21-19(24)18-7-4-10-25-18/h3-12H,1-2H3,(H,21,24). The second kappa shape index (κ2) is 6.40. The van der Waals surface area contributed by atoms with E-state index in [0.29, 0.717) is 22.7 Å². The van der Waals surface area contributed by atoms with Crippen molar-refractivity contribution >= 4 is 28.4 Å². The van der Waals surface area contributed by atoms with Crippen LogP contribution in [0.3, 0.4) is 0 Å². The van der Waals surface area contributed by atoms with Crippen LogP contribution in [0.4, 0.5) is 11.4 Å². The van der Waals surface area contributed by atoms with Gasteiger partial charge in [0.15, 0.2) is 11.3 Å². The van der Waals surface area contributed by atoms with Gasteiger partial charge in [-0.1, -0.05) is 6.07 Å². The molecule has 4 aromatic rings. The fourth-order valence-corrected chi connectivity index (χ4v) is 2.65. The first-order valence-corrected chi connectivity index (χ1v) is 8.13. The molecule has 0 spiro atoms. The zero-order chi connectivity index (χ0) is 18.1. The predicted octanol–water partition coefficient (Wildman–Crippen LogP) is 4.41. The van der Waals surface area contributed by atoms with E-state index in [1.54, 1.807) is 30.3 Å². The van der Waals surface area contributed by atoms with Crippen molar-refractivity contribution in [1.82, 2.24) is 4.98 Å². The molecule has 6 nitrogen and oxygen atoms in total. The van der Waals surface area contributed by atoms with Gasteiger partial charge in [-0.15, -0.1) is 0 Å². The first kappa shape index (κ1) is 16.0. The maximum atomic E-state index is 12.1. The van der Waals surface area contributed by atoms with Gasteiger partial charge >= 0.3 is 0 Å². The summed E-state index contributed by atoms with van der Waals surface area (Å²) in [5, 5.41) is 2.79. The van der Waals surface area contributed by atoms with E-state index >= 15 is 0 Å². The number of furan rings is 1. The number of amides is 1. The predicted molar refractivity (Wildman–Crippen MR) is 100 cm³/mol. The maximum Gasteiger partial charge on any atom is 0.291 e. The first-order chi connectivity index (χ1) is 12.6. The number of nitrogens with zero attached hydrogens (tertiary/aromatic N) is 2. The van der Waals surface area contributed by atoms with Gasteiger partial charge in [0.05, 0.1) is 6.26 Å². The number of oxazole rings is 1. The average Bonchev–Trinajstić information content (AvgIpc) is 3.31. The third-order valence-corrected chi connectivity index (χ3v) is 4.00. The lowest BCUT2D eigenvalue weighted by Crippen LogP contribution is -2.10. The molecule has 2 aromatic carbocycles. The minimum absolute atomic E-state index is 0.256. The monoisotopic (exact) mass is 347 g/mol. The summed E-state index contributed by atoms with van der Waals surface area (Å²) < 4.78 is 11.0. The first-order valence-electron chi connectivity index (χ1n) is 8.13. The number of anilines is 2. The van der Waals surface area contributed by atoms with Crippen molar-refractivity contribution in [3.63, 3.8) is 0 Å². The third-order valence-electron chi connectivity index (χ3n) is 4.00. The van der Waals surface area contributed by atoms with Crippen LogP contribution < -0.4 is 10.2 Å². The van der Waals surface area contributed by atoms with Gasteiger partial charge in [-0.25, -0.2) is 4.98 Å². The molecule has 2 heterocycles. The van der Waals surface area contributed by atoms with E-state index in [9.17, 15) is 4.79 Å². The van der Waals surface area contributed by atoms with Crippen LogP contribution in [-0.2, 0) is 0 Å². The summed E-state index contributed by atoms with van der Waals surface area (Å²) >= 11 is 0. The Hall–Kier alpha value is -3.54. The lowest BCUT2D eigenvalue weighted by Gasteiger charge is -2.12. The fraction of sp³-hybridized carbons (Fsp3) is 0.100. The summed E-state index contributed by atoms with van der Waals surface area (Å²) in [5.74, 6) is 0.487. The van der Waals surface area contributed by atoms with Crippen molar-refractivity contribution in [2.24, 2.45) is 0 Å². The molecular formula is C20H17N3O3. The van der Waals surface area contributed by atoms with E-state index in [-0.39, 0.29) is 11.7 Å². The van der Waals surface area contributed by atoms with Crippen molar-refractivity contribution in [1.29, 1.82) is 0 Å². The molecule has 0 aliphatic carbocycles. The van der Waals surface area contributed by atoms with Gasteiger partial charge in [0.25, 0.3) is 5.91 Å². The molecule has 130 valence electrons. The van der Waals surface area contributed by atoms with Gasteiger partial charge < -0.3 is 19.1 Å². The summed E-state index contributed by atoms with van der Waals surface area (Å²) in [6.45, 7) is 0. The Morgan fingerprint density at radius 1 is 1.08 bits per heavy atom. The summed E-state index contributed by atoms with van der Waals surface area (Å²) in [7, 11) is 3.97. The number of aromatic nitrogens is 1. The Morgan fingerprint density at radius 3 is 2.73 bits per heavy atom. The highest BCUT2D eigenvalue weighted by molar-refractivity contribution is 6.03. The van der Waals surface area contributed by atoms with E-state index in [0.717, 1.165) is 11.3 Å². The van der Waals surface area contributed by atoms with E-state index in [1.807, 2.05) is 43.3 Å². The van der Waals surface area contributed by atoms with Gasteiger partial charge in [0.2, 0.25) is 5.89 Å². The number of carbonyl (C=O) groups is 1. The summed E-state index contributed by atoms with van der Waals surface area (Å²) in [5.41, 5.74) is 3.92. The molecule has 0 aliphatic rings. The van der Waals surface area contributed by atoms with E-state index in [2.05, 4.69) is 10.3 Å². The molecular weight excluding hydrogens is 330 g/mol. The van der Waals surface area contributed by atoms with Crippen molar-refractivity contribution in [2.75, 3.05) is 24.3 Å². The Labute approximate surface area is 150 Å². The number of fused-ring (bicyclic) bond motifs is 1. The number of rotatable bonds is 4. The average molecular weight is 347 g/mol. The largest absolute Gasteiger partial charge is 0.459 e. The minimum atomic E-state index is -0.309. The molecule has 1 amide bonds. The van der Waals surface area contributed by atoms with E-state index < -0.39 is 0 Å². The molecule has 0 radical (unpaired) electrons. The van der Waals surface area contributed by atoms with Crippen LogP contribution in [0.5, 0.6) is 0 Å². The van der Waals surface area contributed by atoms with Gasteiger partial charge in [0, 0.05) is 31.0 Å². The topological polar surface area (TPSA) is 71.5 Å². The van der Waals surface area contributed by atoms with Crippen LogP contribution in [0, 0.1) is 0 Å². The Balaban J connectivity index is 1.64. The molecule has 26 heavy (non-hydrogen) atoms. The molecule has 0 aliphatic heterocycles. The third kappa shape index (κ3) is 3.04. The van der Waals surface area contributed by atoms with Crippen molar-refractivity contribution < 1.29 is 13.6 Å². The van der Waals surface area contributed by atoms with Gasteiger partial charge in [-0.3, -0.25) is 4.79 Å². The van der Waals surface area contributed by atoms with Crippen LogP contribution in [0.1, 0.15) is 10.6 Å². The van der Waals surface area contributed by atoms with E-state index in [4.69, 9.17) is 8.83 Å². The second-order valence-electron chi connectivity index (χ2n) is 6.08. The molecule has 0 atom stereocenters. The lowest BCUT2D eigenvalue weighted by atomic mass is 10.2. The quantitative estimate of drug-likeness (QED) is 0.592.